The molecule has 2 aromatic heterocycles. The highest BCUT2D eigenvalue weighted by molar-refractivity contribution is 7.13. The first-order chi connectivity index (χ1) is 14.9. The molecule has 0 aliphatic carbocycles. The molecule has 9 heteroatoms. The second kappa shape index (κ2) is 9.15. The molecule has 1 aromatic carbocycles. The van der Waals surface area contributed by atoms with Crippen molar-refractivity contribution in [2.75, 3.05) is 13.1 Å². The fourth-order valence-electron chi connectivity index (χ4n) is 3.55. The molecule has 1 N–H and O–H groups in total. The lowest BCUT2D eigenvalue weighted by atomic mass is 10.0. The number of rotatable bonds is 5. The summed E-state index contributed by atoms with van der Waals surface area (Å²) in [5, 5.41) is 4.98. The van der Waals surface area contributed by atoms with Crippen molar-refractivity contribution in [3.8, 4) is 10.6 Å². The third-order valence-corrected chi connectivity index (χ3v) is 6.10. The largest absolute Gasteiger partial charge is 0.416 e. The maximum atomic E-state index is 12.9. The number of alkyl halides is 3. The molecule has 1 aliphatic rings. The van der Waals surface area contributed by atoms with Gasteiger partial charge in [0, 0.05) is 42.8 Å². The Morgan fingerprint density at radius 2 is 1.97 bits per heavy atom. The molecule has 1 saturated heterocycles. The van der Waals surface area contributed by atoms with E-state index in [-0.39, 0.29) is 17.6 Å². The van der Waals surface area contributed by atoms with Gasteiger partial charge in [-0.3, -0.25) is 14.7 Å². The molecule has 1 aliphatic heterocycles. The highest BCUT2D eigenvalue weighted by atomic mass is 32.1. The van der Waals surface area contributed by atoms with E-state index in [0.717, 1.165) is 61.6 Å². The van der Waals surface area contributed by atoms with Gasteiger partial charge in [0.15, 0.2) is 0 Å². The summed E-state index contributed by atoms with van der Waals surface area (Å²) in [6.45, 7) is 2.50. The van der Waals surface area contributed by atoms with Crippen LogP contribution in [-0.4, -0.2) is 39.9 Å². The van der Waals surface area contributed by atoms with Crippen LogP contribution < -0.4 is 5.32 Å². The number of halogens is 3. The van der Waals surface area contributed by atoms with Gasteiger partial charge < -0.3 is 5.32 Å². The Hall–Kier alpha value is -2.78. The van der Waals surface area contributed by atoms with Gasteiger partial charge in [-0.15, -0.1) is 11.3 Å². The zero-order valence-corrected chi connectivity index (χ0v) is 17.4. The van der Waals surface area contributed by atoms with Gasteiger partial charge in [0.2, 0.25) is 0 Å². The number of piperidine rings is 1. The molecule has 3 heterocycles. The third-order valence-electron chi connectivity index (χ3n) is 5.21. The first-order valence-corrected chi connectivity index (χ1v) is 10.8. The highest BCUT2D eigenvalue weighted by Gasteiger charge is 2.30. The molecule has 1 amide bonds. The number of amides is 1. The molecular formula is C22H21F3N4OS. The standard InChI is InChI=1S/C22H21F3N4OS/c23-22(24,25)16-5-3-4-15(12-16)21-28-19(14-31-21)20(30)27-17-7-10-29(11-8-17)13-18-6-1-2-9-26-18/h1-6,9,12,14,17H,7-8,10-11,13H2,(H,27,30). The van der Waals surface area contributed by atoms with E-state index in [1.165, 1.54) is 6.07 Å². The van der Waals surface area contributed by atoms with E-state index >= 15 is 0 Å². The van der Waals surface area contributed by atoms with Crippen molar-refractivity contribution in [3.05, 3.63) is 71.0 Å². The van der Waals surface area contributed by atoms with Crippen molar-refractivity contribution in [1.82, 2.24) is 20.2 Å². The summed E-state index contributed by atoms with van der Waals surface area (Å²) in [6.07, 6.45) is -0.991. The highest BCUT2D eigenvalue weighted by Crippen LogP contribution is 2.33. The summed E-state index contributed by atoms with van der Waals surface area (Å²) >= 11 is 1.16. The summed E-state index contributed by atoms with van der Waals surface area (Å²) in [5.41, 5.74) is 0.869. The number of pyridine rings is 1. The summed E-state index contributed by atoms with van der Waals surface area (Å²) in [5.74, 6) is -0.294. The number of thiazole rings is 1. The topological polar surface area (TPSA) is 58.1 Å². The second-order valence-corrected chi connectivity index (χ2v) is 8.32. The van der Waals surface area contributed by atoms with Crippen LogP contribution in [0.3, 0.4) is 0 Å². The molecular weight excluding hydrogens is 425 g/mol. The lowest BCUT2D eigenvalue weighted by Gasteiger charge is -2.31. The third kappa shape index (κ3) is 5.48. The Bertz CT molecular complexity index is 1030. The average molecular weight is 446 g/mol. The van der Waals surface area contributed by atoms with Crippen LogP contribution in [0.4, 0.5) is 13.2 Å². The average Bonchev–Trinajstić information content (AvgIpc) is 3.26. The number of hydrogen-bond donors (Lipinski definition) is 1. The zero-order chi connectivity index (χ0) is 21.8. The Balaban J connectivity index is 1.33. The van der Waals surface area contributed by atoms with E-state index in [0.29, 0.717) is 10.6 Å². The Labute approximate surface area is 182 Å². The number of likely N-dealkylation sites (tertiary alicyclic amines) is 1. The monoisotopic (exact) mass is 446 g/mol. The Kier molecular flexibility index (Phi) is 6.33. The molecule has 0 spiro atoms. The van der Waals surface area contributed by atoms with Gasteiger partial charge in [0.05, 0.1) is 11.3 Å². The molecule has 31 heavy (non-hydrogen) atoms. The maximum absolute atomic E-state index is 12.9. The number of carbonyl (C=O) groups is 1. The van der Waals surface area contributed by atoms with Crippen molar-refractivity contribution in [2.45, 2.75) is 31.6 Å². The van der Waals surface area contributed by atoms with Crippen molar-refractivity contribution >= 4 is 17.2 Å². The van der Waals surface area contributed by atoms with Crippen LogP contribution >= 0.6 is 11.3 Å². The molecule has 3 aromatic rings. The van der Waals surface area contributed by atoms with E-state index in [2.05, 4.69) is 20.2 Å². The molecule has 4 rings (SSSR count). The first kappa shape index (κ1) is 21.5. The van der Waals surface area contributed by atoms with Gasteiger partial charge in [-0.05, 0) is 37.1 Å². The number of benzene rings is 1. The van der Waals surface area contributed by atoms with Crippen LogP contribution in [0, 0.1) is 0 Å². The fourth-order valence-corrected chi connectivity index (χ4v) is 4.35. The van der Waals surface area contributed by atoms with Gasteiger partial charge in [0.1, 0.15) is 10.7 Å². The van der Waals surface area contributed by atoms with Crippen LogP contribution in [0.2, 0.25) is 0 Å². The Morgan fingerprint density at radius 3 is 2.68 bits per heavy atom. The van der Waals surface area contributed by atoms with Crippen molar-refractivity contribution in [2.24, 2.45) is 0 Å². The SMILES string of the molecule is O=C(NC1CCN(Cc2ccccn2)CC1)c1csc(-c2cccc(C(F)(F)F)c2)n1. The summed E-state index contributed by atoms with van der Waals surface area (Å²) in [6, 6.07) is 10.9. The molecule has 1 fully saturated rings. The summed E-state index contributed by atoms with van der Waals surface area (Å²) in [7, 11) is 0. The molecule has 0 atom stereocenters. The quantitative estimate of drug-likeness (QED) is 0.622. The zero-order valence-electron chi connectivity index (χ0n) is 16.6. The maximum Gasteiger partial charge on any atom is 0.416 e. The summed E-state index contributed by atoms with van der Waals surface area (Å²) in [4.78, 5) is 23.5. The lowest BCUT2D eigenvalue weighted by molar-refractivity contribution is -0.137. The van der Waals surface area contributed by atoms with Gasteiger partial charge in [-0.2, -0.15) is 13.2 Å². The number of aromatic nitrogens is 2. The number of carbonyl (C=O) groups excluding carboxylic acids is 1. The number of nitrogens with one attached hydrogen (secondary N) is 1. The van der Waals surface area contributed by atoms with Gasteiger partial charge in [-0.1, -0.05) is 18.2 Å². The molecule has 162 valence electrons. The molecule has 0 saturated carbocycles. The fraction of sp³-hybridized carbons (Fsp3) is 0.318. The van der Waals surface area contributed by atoms with Crippen LogP contribution in [-0.2, 0) is 12.7 Å². The van der Waals surface area contributed by atoms with E-state index < -0.39 is 11.7 Å². The first-order valence-electron chi connectivity index (χ1n) is 9.95. The number of nitrogens with zero attached hydrogens (tertiary/aromatic N) is 3. The van der Waals surface area contributed by atoms with Gasteiger partial charge >= 0.3 is 6.18 Å². The predicted molar refractivity (Wildman–Crippen MR) is 113 cm³/mol. The van der Waals surface area contributed by atoms with E-state index in [1.807, 2.05) is 18.2 Å². The second-order valence-electron chi connectivity index (χ2n) is 7.46. The van der Waals surface area contributed by atoms with Crippen LogP contribution in [0.25, 0.3) is 10.6 Å². The van der Waals surface area contributed by atoms with Crippen LogP contribution in [0.1, 0.15) is 34.6 Å². The minimum Gasteiger partial charge on any atom is -0.348 e. The predicted octanol–water partition coefficient (Wildman–Crippen LogP) is 4.62. The van der Waals surface area contributed by atoms with Crippen LogP contribution in [0.15, 0.2) is 54.0 Å². The normalized spacial score (nSPS) is 15.7. The Morgan fingerprint density at radius 1 is 1.16 bits per heavy atom. The van der Waals surface area contributed by atoms with Crippen molar-refractivity contribution in [3.63, 3.8) is 0 Å². The van der Waals surface area contributed by atoms with Crippen molar-refractivity contribution in [1.29, 1.82) is 0 Å². The van der Waals surface area contributed by atoms with E-state index in [9.17, 15) is 18.0 Å². The lowest BCUT2D eigenvalue weighted by Crippen LogP contribution is -2.44. The molecule has 0 radical (unpaired) electrons. The minimum absolute atomic E-state index is 0.0474. The minimum atomic E-state index is -4.42. The molecule has 0 unspecified atom stereocenters. The van der Waals surface area contributed by atoms with E-state index in [1.54, 1.807) is 17.6 Å². The smallest absolute Gasteiger partial charge is 0.348 e. The van der Waals surface area contributed by atoms with Gasteiger partial charge in [0.25, 0.3) is 5.91 Å². The molecule has 5 nitrogen and oxygen atoms in total. The van der Waals surface area contributed by atoms with Crippen LogP contribution in [0.5, 0.6) is 0 Å². The number of hydrogen-bond acceptors (Lipinski definition) is 5. The van der Waals surface area contributed by atoms with E-state index in [4.69, 9.17) is 0 Å². The van der Waals surface area contributed by atoms with Crippen molar-refractivity contribution < 1.29 is 18.0 Å². The molecule has 0 bridgehead atoms. The van der Waals surface area contributed by atoms with Gasteiger partial charge in [-0.25, -0.2) is 4.98 Å². The summed E-state index contributed by atoms with van der Waals surface area (Å²) < 4.78 is 38.8.